The molecular weight excluding hydrogens is 420 g/mol. The van der Waals surface area contributed by atoms with E-state index in [9.17, 15) is 0 Å². The van der Waals surface area contributed by atoms with Crippen molar-refractivity contribution >= 4 is 5.82 Å². The molecular formula is C29H36N4O. The SMILES string of the molecule is CC(c1ccnc(N)c1)N1CCC(Oc2ccc(CN3CCc4ccccc4CC3)cc2)CC1. The topological polar surface area (TPSA) is 54.6 Å². The fourth-order valence-corrected chi connectivity index (χ4v) is 5.31. The van der Waals surface area contributed by atoms with Gasteiger partial charge in [-0.3, -0.25) is 9.80 Å². The third kappa shape index (κ3) is 5.60. The number of pyridine rings is 1. The summed E-state index contributed by atoms with van der Waals surface area (Å²) in [5, 5.41) is 0. The van der Waals surface area contributed by atoms with Crippen LogP contribution in [-0.4, -0.2) is 47.1 Å². The van der Waals surface area contributed by atoms with Gasteiger partial charge in [0.15, 0.2) is 0 Å². The minimum absolute atomic E-state index is 0.279. The number of hydrogen-bond donors (Lipinski definition) is 1. The van der Waals surface area contributed by atoms with Crippen molar-refractivity contribution in [2.24, 2.45) is 0 Å². The molecule has 34 heavy (non-hydrogen) atoms. The number of rotatable bonds is 6. The Bertz CT molecular complexity index is 1050. The van der Waals surface area contributed by atoms with Crippen LogP contribution in [0.25, 0.3) is 0 Å². The van der Waals surface area contributed by atoms with Crippen LogP contribution in [0.3, 0.4) is 0 Å². The third-order valence-corrected chi connectivity index (χ3v) is 7.46. The Morgan fingerprint density at radius 2 is 1.62 bits per heavy atom. The molecule has 0 radical (unpaired) electrons. The predicted molar refractivity (Wildman–Crippen MR) is 138 cm³/mol. The van der Waals surface area contributed by atoms with Crippen molar-refractivity contribution in [1.82, 2.24) is 14.8 Å². The Hall–Kier alpha value is -2.89. The summed E-state index contributed by atoms with van der Waals surface area (Å²) in [5.74, 6) is 1.58. The monoisotopic (exact) mass is 456 g/mol. The van der Waals surface area contributed by atoms with Crippen molar-refractivity contribution < 1.29 is 4.74 Å². The lowest BCUT2D eigenvalue weighted by molar-refractivity contribution is 0.0797. The highest BCUT2D eigenvalue weighted by Crippen LogP contribution is 2.27. The lowest BCUT2D eigenvalue weighted by Gasteiger charge is -2.36. The summed E-state index contributed by atoms with van der Waals surface area (Å²) in [6.07, 6.45) is 6.45. The average Bonchev–Trinajstić information content (AvgIpc) is 3.08. The van der Waals surface area contributed by atoms with Gasteiger partial charge in [0.05, 0.1) is 0 Å². The van der Waals surface area contributed by atoms with Crippen LogP contribution in [0.5, 0.6) is 5.75 Å². The van der Waals surface area contributed by atoms with Crippen molar-refractivity contribution in [3.63, 3.8) is 0 Å². The second-order valence-electron chi connectivity index (χ2n) is 9.73. The Kier molecular flexibility index (Phi) is 7.12. The van der Waals surface area contributed by atoms with Crippen LogP contribution in [0.2, 0.25) is 0 Å². The Balaban J connectivity index is 1.09. The number of fused-ring (bicyclic) bond motifs is 1. The quantitative estimate of drug-likeness (QED) is 0.574. The maximum absolute atomic E-state index is 6.35. The number of benzene rings is 2. The molecule has 0 bridgehead atoms. The molecule has 1 atom stereocenters. The Morgan fingerprint density at radius 3 is 2.26 bits per heavy atom. The molecule has 0 amide bonds. The summed E-state index contributed by atoms with van der Waals surface area (Å²) >= 11 is 0. The van der Waals surface area contributed by atoms with Crippen LogP contribution in [0, 0.1) is 0 Å². The maximum Gasteiger partial charge on any atom is 0.123 e. The van der Waals surface area contributed by atoms with Crippen LogP contribution >= 0.6 is 0 Å². The van der Waals surface area contributed by atoms with E-state index in [0.717, 1.165) is 64.2 Å². The number of likely N-dealkylation sites (tertiary alicyclic amines) is 1. The summed E-state index contributed by atoms with van der Waals surface area (Å²) in [7, 11) is 0. The van der Waals surface area contributed by atoms with Crippen molar-refractivity contribution in [1.29, 1.82) is 0 Å². The van der Waals surface area contributed by atoms with E-state index in [1.165, 1.54) is 22.3 Å². The molecule has 5 heteroatoms. The number of piperidine rings is 1. The lowest BCUT2D eigenvalue weighted by Crippen LogP contribution is -2.39. The van der Waals surface area contributed by atoms with Crippen LogP contribution in [0.15, 0.2) is 66.9 Å². The van der Waals surface area contributed by atoms with Gasteiger partial charge in [0.25, 0.3) is 0 Å². The third-order valence-electron chi connectivity index (χ3n) is 7.46. The molecule has 1 saturated heterocycles. The molecule has 3 aromatic rings. The summed E-state index contributed by atoms with van der Waals surface area (Å²) < 4.78 is 6.35. The van der Waals surface area contributed by atoms with E-state index in [0.29, 0.717) is 11.9 Å². The number of hydrogen-bond acceptors (Lipinski definition) is 5. The molecule has 1 aromatic heterocycles. The van der Waals surface area contributed by atoms with Crippen molar-refractivity contribution in [2.75, 3.05) is 31.9 Å². The van der Waals surface area contributed by atoms with E-state index in [4.69, 9.17) is 10.5 Å². The number of aromatic nitrogens is 1. The number of nitrogens with zero attached hydrogens (tertiary/aromatic N) is 3. The molecule has 2 N–H and O–H groups in total. The molecule has 1 unspecified atom stereocenters. The molecule has 1 fully saturated rings. The Labute approximate surface area is 203 Å². The van der Waals surface area contributed by atoms with Gasteiger partial charge in [-0.15, -0.1) is 0 Å². The zero-order valence-corrected chi connectivity index (χ0v) is 20.2. The molecule has 0 aliphatic carbocycles. The fraction of sp³-hybridized carbons (Fsp3) is 0.414. The van der Waals surface area contributed by atoms with E-state index in [1.54, 1.807) is 6.20 Å². The first-order chi connectivity index (χ1) is 16.6. The molecule has 5 rings (SSSR count). The fourth-order valence-electron chi connectivity index (χ4n) is 5.31. The molecule has 5 nitrogen and oxygen atoms in total. The molecule has 2 aromatic carbocycles. The van der Waals surface area contributed by atoms with Gasteiger partial charge < -0.3 is 10.5 Å². The number of nitrogen functional groups attached to an aromatic ring is 1. The standard InChI is InChI=1S/C29H36N4O/c1-22(26-10-15-31-29(30)20-26)33-18-13-28(14-19-33)34-27-8-6-23(7-9-27)21-32-16-11-24-4-2-3-5-25(24)12-17-32/h2-10,15,20,22,28H,11-14,16-19,21H2,1H3,(H2,30,31). The van der Waals surface area contributed by atoms with Crippen molar-refractivity contribution in [3.8, 4) is 5.75 Å². The Morgan fingerprint density at radius 1 is 0.941 bits per heavy atom. The first kappa shape index (κ1) is 22.9. The summed E-state index contributed by atoms with van der Waals surface area (Å²) in [6, 6.07) is 22.1. The number of nitrogens with two attached hydrogens (primary N) is 1. The smallest absolute Gasteiger partial charge is 0.123 e. The van der Waals surface area contributed by atoms with E-state index < -0.39 is 0 Å². The second-order valence-corrected chi connectivity index (χ2v) is 9.73. The van der Waals surface area contributed by atoms with Crippen molar-refractivity contribution in [3.05, 3.63) is 89.1 Å². The van der Waals surface area contributed by atoms with Crippen LogP contribution < -0.4 is 10.5 Å². The molecule has 0 spiro atoms. The zero-order valence-electron chi connectivity index (χ0n) is 20.2. The highest BCUT2D eigenvalue weighted by molar-refractivity contribution is 5.33. The van der Waals surface area contributed by atoms with Crippen molar-refractivity contribution in [2.45, 2.75) is 51.3 Å². The van der Waals surface area contributed by atoms with E-state index in [-0.39, 0.29) is 6.10 Å². The van der Waals surface area contributed by atoms with Gasteiger partial charge in [-0.1, -0.05) is 36.4 Å². The summed E-state index contributed by atoms with van der Waals surface area (Å²) in [6.45, 7) is 7.56. The van der Waals surface area contributed by atoms with E-state index in [2.05, 4.69) is 76.3 Å². The van der Waals surface area contributed by atoms with Gasteiger partial charge in [0.2, 0.25) is 0 Å². The van der Waals surface area contributed by atoms with E-state index >= 15 is 0 Å². The highest BCUT2D eigenvalue weighted by atomic mass is 16.5. The molecule has 178 valence electrons. The highest BCUT2D eigenvalue weighted by Gasteiger charge is 2.25. The molecule has 0 saturated carbocycles. The van der Waals surface area contributed by atoms with Crippen LogP contribution in [0.1, 0.15) is 48.1 Å². The van der Waals surface area contributed by atoms with Gasteiger partial charge in [0.1, 0.15) is 17.7 Å². The normalized spacial score (nSPS) is 18.7. The predicted octanol–water partition coefficient (Wildman–Crippen LogP) is 4.87. The van der Waals surface area contributed by atoms with Gasteiger partial charge in [0, 0.05) is 45.0 Å². The first-order valence-corrected chi connectivity index (χ1v) is 12.6. The van der Waals surface area contributed by atoms with Gasteiger partial charge in [-0.25, -0.2) is 4.98 Å². The molecule has 2 aliphatic heterocycles. The minimum Gasteiger partial charge on any atom is -0.490 e. The van der Waals surface area contributed by atoms with Crippen LogP contribution in [0.4, 0.5) is 5.82 Å². The largest absolute Gasteiger partial charge is 0.490 e. The van der Waals surface area contributed by atoms with Gasteiger partial charge >= 0.3 is 0 Å². The second kappa shape index (κ2) is 10.6. The summed E-state index contributed by atoms with van der Waals surface area (Å²) in [5.41, 5.74) is 11.5. The molecule has 2 aliphatic rings. The molecule has 3 heterocycles. The average molecular weight is 457 g/mol. The zero-order chi connectivity index (χ0) is 23.3. The summed E-state index contributed by atoms with van der Waals surface area (Å²) in [4.78, 5) is 9.20. The minimum atomic E-state index is 0.279. The van der Waals surface area contributed by atoms with Gasteiger partial charge in [-0.2, -0.15) is 0 Å². The van der Waals surface area contributed by atoms with E-state index in [1.807, 2.05) is 6.07 Å². The maximum atomic E-state index is 6.35. The first-order valence-electron chi connectivity index (χ1n) is 12.6. The van der Waals surface area contributed by atoms with Crippen LogP contribution in [-0.2, 0) is 19.4 Å². The number of anilines is 1. The number of ether oxygens (including phenoxy) is 1. The van der Waals surface area contributed by atoms with Gasteiger partial charge in [-0.05, 0) is 79.1 Å². The lowest BCUT2D eigenvalue weighted by atomic mass is 10.0.